The van der Waals surface area contributed by atoms with Crippen molar-refractivity contribution in [1.29, 1.82) is 0 Å². The number of carboxylic acids is 1. The maximum absolute atomic E-state index is 12.5. The zero-order valence-electron chi connectivity index (χ0n) is 14.0. The molecule has 0 aliphatic carbocycles. The van der Waals surface area contributed by atoms with Crippen molar-refractivity contribution in [2.45, 2.75) is 13.3 Å². The van der Waals surface area contributed by atoms with Gasteiger partial charge in [0.05, 0.1) is 11.5 Å². The highest BCUT2D eigenvalue weighted by molar-refractivity contribution is 6.31. The Hall–Kier alpha value is -2.86. The summed E-state index contributed by atoms with van der Waals surface area (Å²) in [5.41, 5.74) is 1.96. The van der Waals surface area contributed by atoms with Crippen LogP contribution in [0.5, 0.6) is 0 Å². The first kappa shape index (κ1) is 17.9. The molecule has 0 bridgehead atoms. The van der Waals surface area contributed by atoms with Crippen LogP contribution in [0.1, 0.15) is 22.3 Å². The molecule has 2 N–H and O–H groups in total. The van der Waals surface area contributed by atoms with E-state index < -0.39 is 11.9 Å². The van der Waals surface area contributed by atoms with Gasteiger partial charge in [-0.25, -0.2) is 4.79 Å². The Kier molecular flexibility index (Phi) is 4.95. The van der Waals surface area contributed by atoms with Gasteiger partial charge in [0.1, 0.15) is 0 Å². The lowest BCUT2D eigenvalue weighted by atomic mass is 10.1. The summed E-state index contributed by atoms with van der Waals surface area (Å²) in [6.45, 7) is 2.08. The van der Waals surface area contributed by atoms with Crippen LogP contribution < -0.4 is 10.2 Å². The molecule has 6 nitrogen and oxygen atoms in total. The summed E-state index contributed by atoms with van der Waals surface area (Å²) in [7, 11) is 0. The number of rotatable bonds is 4. The highest BCUT2D eigenvalue weighted by Gasteiger charge is 2.35. The molecule has 7 heteroatoms. The highest BCUT2D eigenvalue weighted by atomic mass is 35.5. The summed E-state index contributed by atoms with van der Waals surface area (Å²) in [5.74, 6) is -2.05. The standard InChI is InChI=1S/C19H17ClN2O4/c1-11-15(20)6-3-7-16(11)22-10-13(9-17(22)23)18(24)21-14-5-2-4-12(8-14)19(25)26/h2-8,13H,9-10H2,1H3,(H,21,24)(H,25,26)/t13-/m1/s1. The van der Waals surface area contributed by atoms with Gasteiger partial charge in [-0.05, 0) is 42.8 Å². The number of anilines is 2. The lowest BCUT2D eigenvalue weighted by Crippen LogP contribution is -2.28. The number of nitrogens with one attached hydrogen (secondary N) is 1. The van der Waals surface area contributed by atoms with Crippen LogP contribution in [0.3, 0.4) is 0 Å². The molecule has 2 aromatic carbocycles. The maximum atomic E-state index is 12.5. The number of hydrogen-bond donors (Lipinski definition) is 2. The van der Waals surface area contributed by atoms with Crippen LogP contribution in [0, 0.1) is 12.8 Å². The van der Waals surface area contributed by atoms with Gasteiger partial charge in [0, 0.05) is 29.4 Å². The lowest BCUT2D eigenvalue weighted by molar-refractivity contribution is -0.122. The number of benzene rings is 2. The summed E-state index contributed by atoms with van der Waals surface area (Å²) in [6, 6.07) is 11.3. The minimum atomic E-state index is -1.07. The molecule has 0 radical (unpaired) electrons. The van der Waals surface area contributed by atoms with Crippen molar-refractivity contribution in [3.63, 3.8) is 0 Å². The van der Waals surface area contributed by atoms with E-state index in [-0.39, 0.29) is 30.3 Å². The van der Waals surface area contributed by atoms with Crippen molar-refractivity contribution >= 4 is 40.8 Å². The average molecular weight is 373 g/mol. The van der Waals surface area contributed by atoms with E-state index in [2.05, 4.69) is 5.32 Å². The van der Waals surface area contributed by atoms with Gasteiger partial charge >= 0.3 is 5.97 Å². The van der Waals surface area contributed by atoms with Crippen molar-refractivity contribution in [3.8, 4) is 0 Å². The van der Waals surface area contributed by atoms with Gasteiger partial charge in [-0.2, -0.15) is 0 Å². The molecule has 26 heavy (non-hydrogen) atoms. The molecular formula is C19H17ClN2O4. The van der Waals surface area contributed by atoms with Crippen molar-refractivity contribution in [2.75, 3.05) is 16.8 Å². The fraction of sp³-hybridized carbons (Fsp3) is 0.211. The zero-order valence-corrected chi connectivity index (χ0v) is 14.8. The SMILES string of the molecule is Cc1c(Cl)cccc1N1C[C@H](C(=O)Nc2cccc(C(=O)O)c2)CC1=O. The molecule has 0 spiro atoms. The molecule has 2 aromatic rings. The van der Waals surface area contributed by atoms with Gasteiger partial charge in [0.2, 0.25) is 11.8 Å². The minimum Gasteiger partial charge on any atom is -0.478 e. The number of hydrogen-bond acceptors (Lipinski definition) is 3. The summed E-state index contributed by atoms with van der Waals surface area (Å²) in [6.07, 6.45) is 0.0937. The van der Waals surface area contributed by atoms with E-state index in [4.69, 9.17) is 16.7 Å². The highest BCUT2D eigenvalue weighted by Crippen LogP contribution is 2.31. The fourth-order valence-electron chi connectivity index (χ4n) is 2.98. The molecule has 134 valence electrons. The number of amides is 2. The van der Waals surface area contributed by atoms with Gasteiger partial charge < -0.3 is 15.3 Å². The summed E-state index contributed by atoms with van der Waals surface area (Å²) < 4.78 is 0. The zero-order chi connectivity index (χ0) is 18.8. The quantitative estimate of drug-likeness (QED) is 0.861. The van der Waals surface area contributed by atoms with E-state index in [9.17, 15) is 14.4 Å². The van der Waals surface area contributed by atoms with Crippen LogP contribution in [0.25, 0.3) is 0 Å². The number of carboxylic acid groups (broad SMARTS) is 1. The smallest absolute Gasteiger partial charge is 0.335 e. The van der Waals surface area contributed by atoms with Crippen molar-refractivity contribution in [3.05, 3.63) is 58.6 Å². The Morgan fingerprint density at radius 2 is 1.96 bits per heavy atom. The van der Waals surface area contributed by atoms with E-state index in [1.807, 2.05) is 6.92 Å². The monoisotopic (exact) mass is 372 g/mol. The molecule has 2 amide bonds. The van der Waals surface area contributed by atoms with E-state index in [0.29, 0.717) is 16.4 Å². The summed E-state index contributed by atoms with van der Waals surface area (Å²) in [4.78, 5) is 37.5. The predicted molar refractivity (Wildman–Crippen MR) is 98.7 cm³/mol. The van der Waals surface area contributed by atoms with Crippen LogP contribution in [0.4, 0.5) is 11.4 Å². The molecule has 1 atom stereocenters. The third-order valence-electron chi connectivity index (χ3n) is 4.40. The largest absolute Gasteiger partial charge is 0.478 e. The van der Waals surface area contributed by atoms with Crippen LogP contribution >= 0.6 is 11.6 Å². The van der Waals surface area contributed by atoms with E-state index >= 15 is 0 Å². The van der Waals surface area contributed by atoms with Crippen molar-refractivity contribution < 1.29 is 19.5 Å². The molecule has 3 rings (SSSR count). The fourth-order valence-corrected chi connectivity index (χ4v) is 3.15. The Balaban J connectivity index is 1.74. The first-order chi connectivity index (χ1) is 12.4. The minimum absolute atomic E-state index is 0.0847. The predicted octanol–water partition coefficient (Wildman–Crippen LogP) is 3.34. The van der Waals surface area contributed by atoms with Crippen LogP contribution in [-0.4, -0.2) is 29.4 Å². The third-order valence-corrected chi connectivity index (χ3v) is 4.81. The molecule has 0 aromatic heterocycles. The topological polar surface area (TPSA) is 86.7 Å². The average Bonchev–Trinajstić information content (AvgIpc) is 2.99. The molecule has 1 heterocycles. The normalized spacial score (nSPS) is 16.6. The van der Waals surface area contributed by atoms with Gasteiger partial charge in [-0.1, -0.05) is 23.7 Å². The lowest BCUT2D eigenvalue weighted by Gasteiger charge is -2.19. The van der Waals surface area contributed by atoms with Crippen LogP contribution in [-0.2, 0) is 9.59 Å². The molecule has 1 saturated heterocycles. The number of carbonyl (C=O) groups excluding carboxylic acids is 2. The first-order valence-electron chi connectivity index (χ1n) is 8.06. The first-order valence-corrected chi connectivity index (χ1v) is 8.44. The maximum Gasteiger partial charge on any atom is 0.335 e. The second-order valence-electron chi connectivity index (χ2n) is 6.16. The van der Waals surface area contributed by atoms with Gasteiger partial charge in [0.15, 0.2) is 0 Å². The third kappa shape index (κ3) is 3.55. The van der Waals surface area contributed by atoms with Gasteiger partial charge in [-0.3, -0.25) is 9.59 Å². The molecule has 0 unspecified atom stereocenters. The van der Waals surface area contributed by atoms with E-state index in [1.165, 1.54) is 12.1 Å². The Morgan fingerprint density at radius 1 is 1.23 bits per heavy atom. The number of nitrogens with zero attached hydrogens (tertiary/aromatic N) is 1. The van der Waals surface area contributed by atoms with E-state index in [0.717, 1.165) is 5.56 Å². The summed E-state index contributed by atoms with van der Waals surface area (Å²) >= 11 is 6.12. The number of halogens is 1. The van der Waals surface area contributed by atoms with E-state index in [1.54, 1.807) is 35.2 Å². The van der Waals surface area contributed by atoms with Crippen molar-refractivity contribution in [2.24, 2.45) is 5.92 Å². The second kappa shape index (κ2) is 7.17. The van der Waals surface area contributed by atoms with Gasteiger partial charge in [-0.15, -0.1) is 0 Å². The molecule has 0 saturated carbocycles. The van der Waals surface area contributed by atoms with Gasteiger partial charge in [0.25, 0.3) is 0 Å². The molecule has 1 aliphatic rings. The number of carbonyl (C=O) groups is 3. The van der Waals surface area contributed by atoms with Crippen LogP contribution in [0.2, 0.25) is 5.02 Å². The summed E-state index contributed by atoms with van der Waals surface area (Å²) in [5, 5.41) is 12.3. The molecule has 1 fully saturated rings. The van der Waals surface area contributed by atoms with Crippen molar-refractivity contribution in [1.82, 2.24) is 0 Å². The van der Waals surface area contributed by atoms with Crippen LogP contribution in [0.15, 0.2) is 42.5 Å². The Labute approximate surface area is 155 Å². The number of aromatic carboxylic acids is 1. The molecule has 1 aliphatic heterocycles. The molecular weight excluding hydrogens is 356 g/mol. The Morgan fingerprint density at radius 3 is 2.69 bits per heavy atom. The second-order valence-corrected chi connectivity index (χ2v) is 6.57. The Bertz CT molecular complexity index is 897.